The predicted octanol–water partition coefficient (Wildman–Crippen LogP) is 3.87. The van der Waals surface area contributed by atoms with E-state index in [-0.39, 0.29) is 5.91 Å². The standard InChI is InChI=1S/C16H14N2O2S/c1-10-8-9-12(20-2)13-14(10)21-16(17-13)18-15(19)11-6-4-3-5-7-11/h3-9H,1-2H3,(H,17,18,19). The Morgan fingerprint density at radius 3 is 2.67 bits per heavy atom. The molecule has 0 fully saturated rings. The molecule has 4 nitrogen and oxygen atoms in total. The van der Waals surface area contributed by atoms with E-state index in [0.717, 1.165) is 15.8 Å². The lowest BCUT2D eigenvalue weighted by Crippen LogP contribution is -2.11. The Hall–Kier alpha value is -2.40. The fraction of sp³-hybridized carbons (Fsp3) is 0.125. The van der Waals surface area contributed by atoms with Crippen molar-refractivity contribution < 1.29 is 9.53 Å². The topological polar surface area (TPSA) is 51.2 Å². The van der Waals surface area contributed by atoms with Crippen LogP contribution in [0.4, 0.5) is 5.13 Å². The summed E-state index contributed by atoms with van der Waals surface area (Å²) in [6.07, 6.45) is 0. The van der Waals surface area contributed by atoms with Gasteiger partial charge in [0.2, 0.25) is 0 Å². The van der Waals surface area contributed by atoms with Gasteiger partial charge in [-0.15, -0.1) is 0 Å². The highest BCUT2D eigenvalue weighted by atomic mass is 32.1. The number of benzene rings is 2. The second kappa shape index (κ2) is 5.54. The highest BCUT2D eigenvalue weighted by Crippen LogP contribution is 2.34. The first-order valence-electron chi connectivity index (χ1n) is 6.49. The number of aromatic nitrogens is 1. The third kappa shape index (κ3) is 2.60. The summed E-state index contributed by atoms with van der Waals surface area (Å²) in [5.74, 6) is 0.554. The third-order valence-corrected chi connectivity index (χ3v) is 4.29. The molecule has 1 aromatic heterocycles. The highest BCUT2D eigenvalue weighted by molar-refractivity contribution is 7.22. The summed E-state index contributed by atoms with van der Waals surface area (Å²) in [6, 6.07) is 13.0. The van der Waals surface area contributed by atoms with Gasteiger partial charge in [0, 0.05) is 5.56 Å². The first-order chi connectivity index (χ1) is 10.2. The summed E-state index contributed by atoms with van der Waals surface area (Å²) in [4.78, 5) is 16.6. The zero-order valence-corrected chi connectivity index (χ0v) is 12.5. The van der Waals surface area contributed by atoms with Crippen molar-refractivity contribution >= 4 is 32.6 Å². The minimum absolute atomic E-state index is 0.161. The maximum atomic E-state index is 12.2. The molecule has 5 heteroatoms. The van der Waals surface area contributed by atoms with Crippen molar-refractivity contribution in [2.45, 2.75) is 6.92 Å². The molecular formula is C16H14N2O2S. The number of aryl methyl sites for hydroxylation is 1. The van der Waals surface area contributed by atoms with E-state index in [0.29, 0.717) is 16.4 Å². The lowest BCUT2D eigenvalue weighted by molar-refractivity contribution is 0.102. The van der Waals surface area contributed by atoms with Crippen LogP contribution in [0.3, 0.4) is 0 Å². The van der Waals surface area contributed by atoms with Crippen LogP contribution in [0.25, 0.3) is 10.2 Å². The van der Waals surface area contributed by atoms with E-state index in [2.05, 4.69) is 10.3 Å². The van der Waals surface area contributed by atoms with Gasteiger partial charge in [-0.05, 0) is 30.7 Å². The number of carbonyl (C=O) groups excluding carboxylic acids is 1. The van der Waals surface area contributed by atoms with Gasteiger partial charge in [-0.3, -0.25) is 10.1 Å². The number of hydrogen-bond acceptors (Lipinski definition) is 4. The van der Waals surface area contributed by atoms with Crippen LogP contribution < -0.4 is 10.1 Å². The van der Waals surface area contributed by atoms with Crippen LogP contribution >= 0.6 is 11.3 Å². The Morgan fingerprint density at radius 2 is 1.95 bits per heavy atom. The van der Waals surface area contributed by atoms with Gasteiger partial charge in [0.05, 0.1) is 11.8 Å². The molecule has 3 rings (SSSR count). The number of nitrogens with one attached hydrogen (secondary N) is 1. The minimum Gasteiger partial charge on any atom is -0.494 e. The first kappa shape index (κ1) is 13.6. The molecule has 21 heavy (non-hydrogen) atoms. The van der Waals surface area contributed by atoms with E-state index in [1.807, 2.05) is 37.3 Å². The Balaban J connectivity index is 1.95. The number of fused-ring (bicyclic) bond motifs is 1. The van der Waals surface area contributed by atoms with Crippen molar-refractivity contribution in [2.24, 2.45) is 0 Å². The molecule has 3 aromatic rings. The molecule has 1 heterocycles. The van der Waals surface area contributed by atoms with Crippen molar-refractivity contribution in [3.05, 3.63) is 53.6 Å². The lowest BCUT2D eigenvalue weighted by Gasteiger charge is -2.01. The molecule has 0 aliphatic carbocycles. The molecule has 0 aliphatic heterocycles. The maximum Gasteiger partial charge on any atom is 0.257 e. The minimum atomic E-state index is -0.161. The summed E-state index contributed by atoms with van der Waals surface area (Å²) in [5, 5.41) is 3.41. The molecule has 1 amide bonds. The summed E-state index contributed by atoms with van der Waals surface area (Å²) < 4.78 is 6.34. The zero-order valence-electron chi connectivity index (χ0n) is 11.7. The van der Waals surface area contributed by atoms with Gasteiger partial charge in [0.1, 0.15) is 11.3 Å². The second-order valence-electron chi connectivity index (χ2n) is 4.60. The van der Waals surface area contributed by atoms with E-state index in [9.17, 15) is 4.79 Å². The lowest BCUT2D eigenvalue weighted by atomic mass is 10.2. The second-order valence-corrected chi connectivity index (χ2v) is 5.60. The summed E-state index contributed by atoms with van der Waals surface area (Å²) >= 11 is 1.45. The molecule has 0 unspecified atom stereocenters. The van der Waals surface area contributed by atoms with Gasteiger partial charge in [0.15, 0.2) is 5.13 Å². The van der Waals surface area contributed by atoms with Crippen LogP contribution in [0.5, 0.6) is 5.75 Å². The Morgan fingerprint density at radius 1 is 1.19 bits per heavy atom. The molecular weight excluding hydrogens is 284 g/mol. The fourth-order valence-corrected chi connectivity index (χ4v) is 3.03. The van der Waals surface area contributed by atoms with Crippen molar-refractivity contribution in [3.63, 3.8) is 0 Å². The van der Waals surface area contributed by atoms with Gasteiger partial charge >= 0.3 is 0 Å². The molecule has 0 spiro atoms. The van der Waals surface area contributed by atoms with Crippen LogP contribution in [0, 0.1) is 6.92 Å². The van der Waals surface area contributed by atoms with E-state index >= 15 is 0 Å². The number of hydrogen-bond donors (Lipinski definition) is 1. The average molecular weight is 298 g/mol. The summed E-state index contributed by atoms with van der Waals surface area (Å²) in [5.41, 5.74) is 2.51. The Bertz CT molecular complexity index is 797. The van der Waals surface area contributed by atoms with Crippen LogP contribution in [-0.2, 0) is 0 Å². The van der Waals surface area contributed by atoms with E-state index in [1.165, 1.54) is 11.3 Å². The van der Waals surface area contributed by atoms with Gasteiger partial charge in [-0.25, -0.2) is 4.98 Å². The van der Waals surface area contributed by atoms with Gasteiger partial charge < -0.3 is 4.74 Å². The Labute approximate surface area is 126 Å². The number of rotatable bonds is 3. The first-order valence-corrected chi connectivity index (χ1v) is 7.31. The highest BCUT2D eigenvalue weighted by Gasteiger charge is 2.13. The van der Waals surface area contributed by atoms with Crippen molar-refractivity contribution in [1.29, 1.82) is 0 Å². The predicted molar refractivity (Wildman–Crippen MR) is 85.3 cm³/mol. The van der Waals surface area contributed by atoms with E-state index < -0.39 is 0 Å². The molecule has 0 saturated carbocycles. The number of nitrogens with zero attached hydrogens (tertiary/aromatic N) is 1. The van der Waals surface area contributed by atoms with Gasteiger partial charge in [-0.2, -0.15) is 0 Å². The number of methoxy groups -OCH3 is 1. The largest absolute Gasteiger partial charge is 0.494 e. The normalized spacial score (nSPS) is 10.6. The number of thiazole rings is 1. The smallest absolute Gasteiger partial charge is 0.257 e. The molecule has 0 saturated heterocycles. The number of ether oxygens (including phenoxy) is 1. The van der Waals surface area contributed by atoms with Crippen molar-refractivity contribution in [2.75, 3.05) is 12.4 Å². The van der Waals surface area contributed by atoms with Crippen LogP contribution in [0.1, 0.15) is 15.9 Å². The quantitative estimate of drug-likeness (QED) is 0.798. The summed E-state index contributed by atoms with van der Waals surface area (Å²) in [7, 11) is 1.62. The Kier molecular flexibility index (Phi) is 3.58. The molecule has 0 radical (unpaired) electrons. The van der Waals surface area contributed by atoms with Crippen LogP contribution in [-0.4, -0.2) is 18.0 Å². The fourth-order valence-electron chi connectivity index (χ4n) is 2.09. The maximum absolute atomic E-state index is 12.2. The van der Waals surface area contributed by atoms with Gasteiger partial charge in [0.25, 0.3) is 5.91 Å². The molecule has 0 bridgehead atoms. The molecule has 106 valence electrons. The zero-order chi connectivity index (χ0) is 14.8. The molecule has 0 atom stereocenters. The van der Waals surface area contributed by atoms with E-state index in [1.54, 1.807) is 19.2 Å². The van der Waals surface area contributed by atoms with Gasteiger partial charge in [-0.1, -0.05) is 35.6 Å². The van der Waals surface area contributed by atoms with Crippen LogP contribution in [0.2, 0.25) is 0 Å². The SMILES string of the molecule is COc1ccc(C)c2sc(NC(=O)c3ccccc3)nc12. The number of carbonyl (C=O) groups is 1. The van der Waals surface area contributed by atoms with Crippen LogP contribution in [0.15, 0.2) is 42.5 Å². The van der Waals surface area contributed by atoms with Crippen molar-refractivity contribution in [1.82, 2.24) is 4.98 Å². The summed E-state index contributed by atoms with van der Waals surface area (Å²) in [6.45, 7) is 2.02. The third-order valence-electron chi connectivity index (χ3n) is 3.18. The number of anilines is 1. The molecule has 2 aromatic carbocycles. The number of amides is 1. The van der Waals surface area contributed by atoms with E-state index in [4.69, 9.17) is 4.74 Å². The molecule has 1 N–H and O–H groups in total. The monoisotopic (exact) mass is 298 g/mol. The van der Waals surface area contributed by atoms with Crippen molar-refractivity contribution in [3.8, 4) is 5.75 Å². The average Bonchev–Trinajstić information content (AvgIpc) is 2.93. The molecule has 0 aliphatic rings.